The third kappa shape index (κ3) is 4.83. The van der Waals surface area contributed by atoms with Crippen LogP contribution in [0.3, 0.4) is 0 Å². The van der Waals surface area contributed by atoms with Crippen LogP contribution in [0.25, 0.3) is 11.0 Å². The number of carbonyl (C=O) groups excluding carboxylic acids is 2. The Morgan fingerprint density at radius 2 is 2.03 bits per heavy atom. The van der Waals surface area contributed by atoms with Crippen molar-refractivity contribution in [2.24, 2.45) is 0 Å². The van der Waals surface area contributed by atoms with Crippen LogP contribution < -0.4 is 5.32 Å². The summed E-state index contributed by atoms with van der Waals surface area (Å²) in [7, 11) is 1.67. The minimum absolute atomic E-state index is 0.0636. The maximum absolute atomic E-state index is 13.5. The van der Waals surface area contributed by atoms with Crippen molar-refractivity contribution in [3.63, 3.8) is 0 Å². The van der Waals surface area contributed by atoms with Crippen LogP contribution in [0.4, 0.5) is 5.82 Å². The van der Waals surface area contributed by atoms with E-state index in [1.165, 1.54) is 0 Å². The van der Waals surface area contributed by atoms with E-state index < -0.39 is 0 Å². The van der Waals surface area contributed by atoms with E-state index >= 15 is 0 Å². The molecule has 1 aromatic carbocycles. The van der Waals surface area contributed by atoms with Gasteiger partial charge in [0.05, 0.1) is 35.7 Å². The van der Waals surface area contributed by atoms with E-state index in [0.717, 1.165) is 29.4 Å². The highest BCUT2D eigenvalue weighted by Gasteiger charge is 2.32. The molecule has 0 spiro atoms. The number of imidazole rings is 1. The number of nitrogens with one attached hydrogen (secondary N) is 1. The van der Waals surface area contributed by atoms with E-state index in [4.69, 9.17) is 4.74 Å². The number of hydrogen-bond acceptors (Lipinski definition) is 6. The van der Waals surface area contributed by atoms with Crippen molar-refractivity contribution in [3.05, 3.63) is 83.6 Å². The molecule has 1 atom stereocenters. The second-order valence-electron chi connectivity index (χ2n) is 8.91. The molecule has 0 radical (unpaired) electrons. The van der Waals surface area contributed by atoms with Gasteiger partial charge in [-0.2, -0.15) is 0 Å². The van der Waals surface area contributed by atoms with Gasteiger partial charge in [0.2, 0.25) is 0 Å². The van der Waals surface area contributed by atoms with Crippen LogP contribution in [0.5, 0.6) is 0 Å². The highest BCUT2D eigenvalue weighted by atomic mass is 16.5. The molecular formula is C27H28N6O3. The summed E-state index contributed by atoms with van der Waals surface area (Å²) < 4.78 is 7.17. The lowest BCUT2D eigenvalue weighted by Crippen LogP contribution is -2.31. The molecule has 2 amide bonds. The fourth-order valence-electron chi connectivity index (χ4n) is 4.53. The van der Waals surface area contributed by atoms with Crippen LogP contribution in [0.15, 0.2) is 61.1 Å². The average Bonchev–Trinajstić information content (AvgIpc) is 3.55. The monoisotopic (exact) mass is 484 g/mol. The van der Waals surface area contributed by atoms with Crippen molar-refractivity contribution in [2.45, 2.75) is 32.4 Å². The largest absolute Gasteiger partial charge is 0.383 e. The quantitative estimate of drug-likeness (QED) is 0.425. The molecule has 4 heterocycles. The zero-order valence-electron chi connectivity index (χ0n) is 20.3. The maximum Gasteiger partial charge on any atom is 0.275 e. The van der Waals surface area contributed by atoms with Gasteiger partial charge in [-0.3, -0.25) is 9.59 Å². The second kappa shape index (κ2) is 10.2. The van der Waals surface area contributed by atoms with Gasteiger partial charge in [-0.25, -0.2) is 15.0 Å². The first-order chi connectivity index (χ1) is 17.5. The number of hydrogen-bond donors (Lipinski definition) is 1. The molecule has 1 aliphatic heterocycles. The van der Waals surface area contributed by atoms with E-state index in [1.807, 2.05) is 46.7 Å². The first-order valence-corrected chi connectivity index (χ1v) is 12.0. The molecule has 0 aliphatic carbocycles. The molecule has 0 bridgehead atoms. The molecule has 0 saturated carbocycles. The second-order valence-corrected chi connectivity index (χ2v) is 8.91. The van der Waals surface area contributed by atoms with E-state index in [0.29, 0.717) is 36.8 Å². The van der Waals surface area contributed by atoms with Crippen LogP contribution in [0.2, 0.25) is 0 Å². The highest BCUT2D eigenvalue weighted by Crippen LogP contribution is 2.32. The zero-order chi connectivity index (χ0) is 25.1. The number of pyridine rings is 2. The number of anilines is 1. The molecule has 184 valence electrons. The predicted octanol–water partition coefficient (Wildman–Crippen LogP) is 4.01. The van der Waals surface area contributed by atoms with Crippen LogP contribution in [0, 0.1) is 6.92 Å². The van der Waals surface area contributed by atoms with E-state index in [-0.39, 0.29) is 23.6 Å². The number of ether oxygens (including phenoxy) is 1. The summed E-state index contributed by atoms with van der Waals surface area (Å²) in [4.78, 5) is 41.4. The SMILES string of the molecule is COCCn1cnc2cc(C(=O)N3CCC[C@H]3c3cccc(C(=O)Nc4ccc(C)cn4)n3)ccc21. The number of amides is 2. The first kappa shape index (κ1) is 23.6. The standard InChI is InChI=1S/C27H28N6O3/c1-18-8-11-25(28-16-18)31-26(34)21-6-3-5-20(30-21)24-7-4-12-33(24)27(35)19-9-10-23-22(15-19)29-17-32(23)13-14-36-2/h3,5-6,8-11,15-17,24H,4,7,12-14H2,1-2H3,(H,28,31,34)/t24-/m0/s1. The van der Waals surface area contributed by atoms with Crippen LogP contribution in [0.1, 0.15) is 51.0 Å². The zero-order valence-corrected chi connectivity index (χ0v) is 20.3. The van der Waals surface area contributed by atoms with Crippen LogP contribution in [-0.4, -0.2) is 56.5 Å². The molecule has 1 N–H and O–H groups in total. The van der Waals surface area contributed by atoms with Crippen molar-refractivity contribution in [1.29, 1.82) is 0 Å². The topological polar surface area (TPSA) is 102 Å². The summed E-state index contributed by atoms with van der Waals surface area (Å²) in [6.45, 7) is 3.86. The van der Waals surface area contributed by atoms with Gasteiger partial charge in [-0.1, -0.05) is 12.1 Å². The van der Waals surface area contributed by atoms with Crippen LogP contribution in [-0.2, 0) is 11.3 Å². The molecule has 3 aromatic heterocycles. The minimum atomic E-state index is -0.335. The van der Waals surface area contributed by atoms with Crippen molar-refractivity contribution < 1.29 is 14.3 Å². The number of aryl methyl sites for hydroxylation is 1. The van der Waals surface area contributed by atoms with E-state index in [2.05, 4.69) is 20.3 Å². The summed E-state index contributed by atoms with van der Waals surface area (Å²) in [6.07, 6.45) is 5.12. The number of methoxy groups -OCH3 is 1. The van der Waals surface area contributed by atoms with Gasteiger partial charge in [0.25, 0.3) is 11.8 Å². The molecule has 1 saturated heterocycles. The van der Waals surface area contributed by atoms with Gasteiger partial charge in [0.1, 0.15) is 11.5 Å². The maximum atomic E-state index is 13.5. The molecule has 1 fully saturated rings. The fourth-order valence-corrected chi connectivity index (χ4v) is 4.53. The van der Waals surface area contributed by atoms with Gasteiger partial charge in [-0.15, -0.1) is 0 Å². The van der Waals surface area contributed by atoms with E-state index in [1.54, 1.807) is 37.8 Å². The highest BCUT2D eigenvalue weighted by molar-refractivity contribution is 6.02. The number of nitrogens with zero attached hydrogens (tertiary/aromatic N) is 5. The number of fused-ring (bicyclic) bond motifs is 1. The van der Waals surface area contributed by atoms with Gasteiger partial charge in [-0.05, 0) is 61.7 Å². The summed E-state index contributed by atoms with van der Waals surface area (Å²) in [5.41, 5.74) is 4.33. The normalized spacial score (nSPS) is 15.4. The molecule has 9 heteroatoms. The van der Waals surface area contributed by atoms with Crippen molar-refractivity contribution in [1.82, 2.24) is 24.4 Å². The number of likely N-dealkylation sites (tertiary alicyclic amines) is 1. The Morgan fingerprint density at radius 3 is 2.83 bits per heavy atom. The van der Waals surface area contributed by atoms with Gasteiger partial charge >= 0.3 is 0 Å². The first-order valence-electron chi connectivity index (χ1n) is 12.0. The van der Waals surface area contributed by atoms with E-state index in [9.17, 15) is 9.59 Å². The Labute approximate surface area is 209 Å². The lowest BCUT2D eigenvalue weighted by atomic mass is 10.1. The Kier molecular flexibility index (Phi) is 6.73. The van der Waals surface area contributed by atoms with Crippen LogP contribution >= 0.6 is 0 Å². The molecular weight excluding hydrogens is 456 g/mol. The van der Waals surface area contributed by atoms with Crippen molar-refractivity contribution in [3.8, 4) is 0 Å². The number of aromatic nitrogens is 4. The molecule has 9 nitrogen and oxygen atoms in total. The van der Waals surface area contributed by atoms with Gasteiger partial charge in [0, 0.05) is 32.0 Å². The van der Waals surface area contributed by atoms with Crippen molar-refractivity contribution >= 4 is 28.7 Å². The summed E-state index contributed by atoms with van der Waals surface area (Å²) in [5.74, 6) is 0.0699. The number of carbonyl (C=O) groups is 2. The lowest BCUT2D eigenvalue weighted by molar-refractivity contribution is 0.0733. The summed E-state index contributed by atoms with van der Waals surface area (Å²) in [5, 5.41) is 2.78. The Hall–Kier alpha value is -4.11. The molecule has 0 unspecified atom stereocenters. The minimum Gasteiger partial charge on any atom is -0.383 e. The lowest BCUT2D eigenvalue weighted by Gasteiger charge is -2.24. The number of benzene rings is 1. The number of rotatable bonds is 7. The van der Waals surface area contributed by atoms with Gasteiger partial charge in [0.15, 0.2) is 0 Å². The summed E-state index contributed by atoms with van der Waals surface area (Å²) in [6, 6.07) is 14.4. The van der Waals surface area contributed by atoms with Crippen molar-refractivity contribution in [2.75, 3.05) is 25.6 Å². The molecule has 4 aromatic rings. The summed E-state index contributed by atoms with van der Waals surface area (Å²) >= 11 is 0. The molecule has 1 aliphatic rings. The van der Waals surface area contributed by atoms with Gasteiger partial charge < -0.3 is 19.5 Å². The Morgan fingerprint density at radius 1 is 1.14 bits per heavy atom. The molecule has 5 rings (SSSR count). The predicted molar refractivity (Wildman–Crippen MR) is 136 cm³/mol. The Bertz CT molecular complexity index is 1400. The third-order valence-electron chi connectivity index (χ3n) is 6.42. The fraction of sp³-hybridized carbons (Fsp3) is 0.296. The average molecular weight is 485 g/mol. The Balaban J connectivity index is 1.34. The smallest absolute Gasteiger partial charge is 0.275 e. The third-order valence-corrected chi connectivity index (χ3v) is 6.42. The molecule has 36 heavy (non-hydrogen) atoms.